The van der Waals surface area contributed by atoms with E-state index in [0.29, 0.717) is 13.1 Å². The van der Waals surface area contributed by atoms with E-state index in [-0.39, 0.29) is 6.03 Å². The van der Waals surface area contributed by atoms with Crippen molar-refractivity contribution < 1.29 is 4.79 Å². The SMILES string of the molecule is CCCNC(=O)NCc1ccc(C)nn1. The highest BCUT2D eigenvalue weighted by molar-refractivity contribution is 5.73. The molecule has 0 aliphatic carbocycles. The van der Waals surface area contributed by atoms with Crippen LogP contribution in [0.25, 0.3) is 0 Å². The fraction of sp³-hybridized carbons (Fsp3) is 0.500. The molecule has 0 saturated heterocycles. The van der Waals surface area contributed by atoms with Crippen LogP contribution in [0.3, 0.4) is 0 Å². The van der Waals surface area contributed by atoms with E-state index >= 15 is 0 Å². The molecule has 0 aliphatic rings. The minimum Gasteiger partial charge on any atom is -0.338 e. The number of nitrogens with zero attached hydrogens (tertiary/aromatic N) is 2. The van der Waals surface area contributed by atoms with Gasteiger partial charge < -0.3 is 10.6 Å². The van der Waals surface area contributed by atoms with Crippen molar-refractivity contribution >= 4 is 6.03 Å². The number of urea groups is 1. The monoisotopic (exact) mass is 208 g/mol. The third-order valence-electron chi connectivity index (χ3n) is 1.82. The first-order chi connectivity index (χ1) is 7.22. The van der Waals surface area contributed by atoms with Gasteiger partial charge in [-0.1, -0.05) is 6.92 Å². The molecule has 0 atom stereocenters. The van der Waals surface area contributed by atoms with Crippen molar-refractivity contribution in [2.24, 2.45) is 0 Å². The van der Waals surface area contributed by atoms with Gasteiger partial charge >= 0.3 is 6.03 Å². The van der Waals surface area contributed by atoms with E-state index in [9.17, 15) is 4.79 Å². The zero-order valence-electron chi connectivity index (χ0n) is 9.08. The van der Waals surface area contributed by atoms with Gasteiger partial charge in [0.25, 0.3) is 0 Å². The lowest BCUT2D eigenvalue weighted by Gasteiger charge is -2.05. The van der Waals surface area contributed by atoms with E-state index in [1.165, 1.54) is 0 Å². The average Bonchev–Trinajstić information content (AvgIpc) is 2.25. The molecule has 1 rings (SSSR count). The highest BCUT2D eigenvalue weighted by Gasteiger charge is 1.99. The molecule has 0 spiro atoms. The van der Waals surface area contributed by atoms with E-state index in [0.717, 1.165) is 17.8 Å². The van der Waals surface area contributed by atoms with Crippen LogP contribution in [0, 0.1) is 6.92 Å². The zero-order chi connectivity index (χ0) is 11.1. The second-order valence-corrected chi connectivity index (χ2v) is 3.28. The Labute approximate surface area is 89.3 Å². The molecule has 1 heterocycles. The first-order valence-corrected chi connectivity index (χ1v) is 5.03. The van der Waals surface area contributed by atoms with Gasteiger partial charge in [0.2, 0.25) is 0 Å². The van der Waals surface area contributed by atoms with Crippen molar-refractivity contribution in [3.05, 3.63) is 23.5 Å². The van der Waals surface area contributed by atoms with Gasteiger partial charge in [-0.25, -0.2) is 4.79 Å². The number of carbonyl (C=O) groups excluding carboxylic acids is 1. The molecule has 1 aromatic rings. The largest absolute Gasteiger partial charge is 0.338 e. The van der Waals surface area contributed by atoms with E-state index < -0.39 is 0 Å². The van der Waals surface area contributed by atoms with Crippen LogP contribution in [0.4, 0.5) is 4.79 Å². The van der Waals surface area contributed by atoms with E-state index in [1.54, 1.807) is 0 Å². The van der Waals surface area contributed by atoms with Gasteiger partial charge in [0.05, 0.1) is 17.9 Å². The Morgan fingerprint density at radius 2 is 2.13 bits per heavy atom. The van der Waals surface area contributed by atoms with Crippen molar-refractivity contribution in [2.45, 2.75) is 26.8 Å². The predicted octanol–water partition coefficient (Wildman–Crippen LogP) is 0.994. The summed E-state index contributed by atoms with van der Waals surface area (Å²) in [4.78, 5) is 11.2. The molecule has 0 radical (unpaired) electrons. The summed E-state index contributed by atoms with van der Waals surface area (Å²) in [7, 11) is 0. The van der Waals surface area contributed by atoms with Gasteiger partial charge in [0, 0.05) is 6.54 Å². The van der Waals surface area contributed by atoms with Crippen molar-refractivity contribution in [3.8, 4) is 0 Å². The predicted molar refractivity (Wildman–Crippen MR) is 57.3 cm³/mol. The van der Waals surface area contributed by atoms with Gasteiger partial charge in [-0.3, -0.25) is 0 Å². The Morgan fingerprint density at radius 1 is 1.33 bits per heavy atom. The highest BCUT2D eigenvalue weighted by atomic mass is 16.2. The van der Waals surface area contributed by atoms with E-state index in [1.807, 2.05) is 26.0 Å². The Bertz CT molecular complexity index is 310. The molecule has 0 bridgehead atoms. The maximum absolute atomic E-state index is 11.2. The molecule has 15 heavy (non-hydrogen) atoms. The molecular formula is C10H16N4O. The van der Waals surface area contributed by atoms with Gasteiger partial charge in [-0.2, -0.15) is 10.2 Å². The summed E-state index contributed by atoms with van der Waals surface area (Å²) >= 11 is 0. The van der Waals surface area contributed by atoms with Crippen molar-refractivity contribution in [2.75, 3.05) is 6.54 Å². The van der Waals surface area contributed by atoms with Crippen LogP contribution < -0.4 is 10.6 Å². The first-order valence-electron chi connectivity index (χ1n) is 5.03. The molecule has 82 valence electrons. The standard InChI is InChI=1S/C10H16N4O/c1-3-6-11-10(15)12-7-9-5-4-8(2)13-14-9/h4-5H,3,6-7H2,1-2H3,(H2,11,12,15). The van der Waals surface area contributed by atoms with Crippen molar-refractivity contribution in [1.29, 1.82) is 0 Å². The van der Waals surface area contributed by atoms with Crippen molar-refractivity contribution in [1.82, 2.24) is 20.8 Å². The Balaban J connectivity index is 2.30. The Hall–Kier alpha value is -1.65. The van der Waals surface area contributed by atoms with Gasteiger partial charge in [0.15, 0.2) is 0 Å². The van der Waals surface area contributed by atoms with Crippen LogP contribution in [-0.2, 0) is 6.54 Å². The minimum atomic E-state index is -0.167. The summed E-state index contributed by atoms with van der Waals surface area (Å²) in [6, 6.07) is 3.55. The number of aromatic nitrogens is 2. The molecular weight excluding hydrogens is 192 g/mol. The van der Waals surface area contributed by atoms with Crippen LogP contribution >= 0.6 is 0 Å². The van der Waals surface area contributed by atoms with Gasteiger partial charge in [-0.05, 0) is 25.5 Å². The van der Waals surface area contributed by atoms with Crippen LogP contribution in [0.1, 0.15) is 24.7 Å². The van der Waals surface area contributed by atoms with Crippen LogP contribution in [0.2, 0.25) is 0 Å². The summed E-state index contributed by atoms with van der Waals surface area (Å²) in [6.45, 7) is 4.97. The fourth-order valence-electron chi connectivity index (χ4n) is 0.993. The highest BCUT2D eigenvalue weighted by Crippen LogP contribution is 1.93. The van der Waals surface area contributed by atoms with E-state index in [4.69, 9.17) is 0 Å². The van der Waals surface area contributed by atoms with Crippen LogP contribution in [0.15, 0.2) is 12.1 Å². The maximum atomic E-state index is 11.2. The number of hydrogen-bond acceptors (Lipinski definition) is 3. The second-order valence-electron chi connectivity index (χ2n) is 3.28. The minimum absolute atomic E-state index is 0.167. The first kappa shape index (κ1) is 11.4. The topological polar surface area (TPSA) is 66.9 Å². The molecule has 0 unspecified atom stereocenters. The molecule has 0 saturated carbocycles. The number of nitrogens with one attached hydrogen (secondary N) is 2. The number of hydrogen-bond donors (Lipinski definition) is 2. The summed E-state index contributed by atoms with van der Waals surface area (Å²) in [5, 5.41) is 13.3. The lowest BCUT2D eigenvalue weighted by Crippen LogP contribution is -2.35. The molecule has 1 aromatic heterocycles. The summed E-state index contributed by atoms with van der Waals surface area (Å²) in [5.74, 6) is 0. The molecule has 5 heteroatoms. The molecule has 2 amide bonds. The molecule has 0 aliphatic heterocycles. The van der Waals surface area contributed by atoms with Crippen LogP contribution in [-0.4, -0.2) is 22.8 Å². The summed E-state index contributed by atoms with van der Waals surface area (Å²) in [5.41, 5.74) is 1.63. The molecule has 5 nitrogen and oxygen atoms in total. The molecule has 2 N–H and O–H groups in total. The molecule has 0 fully saturated rings. The Morgan fingerprint density at radius 3 is 2.73 bits per heavy atom. The third-order valence-corrected chi connectivity index (χ3v) is 1.82. The number of rotatable bonds is 4. The summed E-state index contributed by atoms with van der Waals surface area (Å²) < 4.78 is 0. The fourth-order valence-corrected chi connectivity index (χ4v) is 0.993. The number of amides is 2. The smallest absolute Gasteiger partial charge is 0.315 e. The lowest BCUT2D eigenvalue weighted by atomic mass is 10.3. The number of carbonyl (C=O) groups is 1. The zero-order valence-corrected chi connectivity index (χ0v) is 9.08. The van der Waals surface area contributed by atoms with Crippen molar-refractivity contribution in [3.63, 3.8) is 0 Å². The normalized spacial score (nSPS) is 9.73. The maximum Gasteiger partial charge on any atom is 0.315 e. The third kappa shape index (κ3) is 4.39. The lowest BCUT2D eigenvalue weighted by molar-refractivity contribution is 0.240. The molecule has 0 aromatic carbocycles. The van der Waals surface area contributed by atoms with Gasteiger partial charge in [-0.15, -0.1) is 0 Å². The van der Waals surface area contributed by atoms with Gasteiger partial charge in [0.1, 0.15) is 0 Å². The quantitative estimate of drug-likeness (QED) is 0.775. The average molecular weight is 208 g/mol. The Kier molecular flexibility index (Phi) is 4.53. The van der Waals surface area contributed by atoms with Crippen LogP contribution in [0.5, 0.6) is 0 Å². The number of aryl methyl sites for hydroxylation is 1. The second kappa shape index (κ2) is 5.95. The summed E-state index contributed by atoms with van der Waals surface area (Å²) in [6.07, 6.45) is 0.928. The van der Waals surface area contributed by atoms with E-state index in [2.05, 4.69) is 20.8 Å².